The Morgan fingerprint density at radius 3 is 2.32 bits per heavy atom. The standard InChI is InChI=1S/C16H25NO2/c1-6-14(10-18)16(19)17(5)9-15-8-12(3)11(2)7-13(15)4/h7-8,14,18H,6,9-10H2,1-5H3. The van der Waals surface area contributed by atoms with Gasteiger partial charge in [-0.05, 0) is 49.4 Å². The second-order valence-electron chi connectivity index (χ2n) is 5.34. The smallest absolute Gasteiger partial charge is 0.228 e. The first kappa shape index (κ1) is 15.7. The largest absolute Gasteiger partial charge is 0.396 e. The fraction of sp³-hybridized carbons (Fsp3) is 0.562. The first-order valence-electron chi connectivity index (χ1n) is 6.83. The molecule has 0 fully saturated rings. The Labute approximate surface area is 116 Å². The topological polar surface area (TPSA) is 40.5 Å². The minimum atomic E-state index is -0.281. The number of rotatable bonds is 5. The van der Waals surface area contributed by atoms with Crippen LogP contribution in [-0.2, 0) is 11.3 Å². The van der Waals surface area contributed by atoms with Crippen LogP contribution in [0.5, 0.6) is 0 Å². The molecule has 0 saturated heterocycles. The van der Waals surface area contributed by atoms with Crippen molar-refractivity contribution in [3.05, 3.63) is 34.4 Å². The number of aliphatic hydroxyl groups is 1. The van der Waals surface area contributed by atoms with Gasteiger partial charge in [-0.3, -0.25) is 4.79 Å². The third-order valence-corrected chi connectivity index (χ3v) is 3.80. The van der Waals surface area contributed by atoms with Crippen LogP contribution in [0, 0.1) is 26.7 Å². The Morgan fingerprint density at radius 1 is 1.21 bits per heavy atom. The second kappa shape index (κ2) is 6.71. The lowest BCUT2D eigenvalue weighted by molar-refractivity contribution is -0.136. The zero-order valence-corrected chi connectivity index (χ0v) is 12.7. The van der Waals surface area contributed by atoms with E-state index in [2.05, 4.69) is 32.9 Å². The van der Waals surface area contributed by atoms with Gasteiger partial charge >= 0.3 is 0 Å². The Bertz CT molecular complexity index is 450. The Balaban J connectivity index is 2.85. The lowest BCUT2D eigenvalue weighted by atomic mass is 10.00. The van der Waals surface area contributed by atoms with Gasteiger partial charge in [0.1, 0.15) is 0 Å². The molecule has 1 N–H and O–H groups in total. The molecular weight excluding hydrogens is 238 g/mol. The Hall–Kier alpha value is -1.35. The summed E-state index contributed by atoms with van der Waals surface area (Å²) in [5.41, 5.74) is 4.90. The lowest BCUT2D eigenvalue weighted by Crippen LogP contribution is -2.34. The molecule has 0 bridgehead atoms. The molecular formula is C16H25NO2. The normalized spacial score (nSPS) is 12.3. The van der Waals surface area contributed by atoms with Crippen LogP contribution in [0.4, 0.5) is 0 Å². The van der Waals surface area contributed by atoms with Crippen molar-refractivity contribution in [1.82, 2.24) is 4.90 Å². The maximum Gasteiger partial charge on any atom is 0.228 e. The van der Waals surface area contributed by atoms with Crippen molar-refractivity contribution >= 4 is 5.91 Å². The SMILES string of the molecule is CCC(CO)C(=O)N(C)Cc1cc(C)c(C)cc1C. The molecule has 1 aromatic rings. The number of carbonyl (C=O) groups is 1. The summed E-state index contributed by atoms with van der Waals surface area (Å²) in [6, 6.07) is 4.31. The summed E-state index contributed by atoms with van der Waals surface area (Å²) in [6.45, 7) is 8.70. The molecule has 1 amide bonds. The van der Waals surface area contributed by atoms with Gasteiger partial charge in [-0.1, -0.05) is 19.1 Å². The quantitative estimate of drug-likeness (QED) is 0.887. The van der Waals surface area contributed by atoms with Gasteiger partial charge in [-0.15, -0.1) is 0 Å². The monoisotopic (exact) mass is 263 g/mol. The zero-order valence-electron chi connectivity index (χ0n) is 12.7. The van der Waals surface area contributed by atoms with E-state index in [4.69, 9.17) is 0 Å². The molecule has 0 aliphatic rings. The van der Waals surface area contributed by atoms with E-state index in [-0.39, 0.29) is 18.4 Å². The highest BCUT2D eigenvalue weighted by Crippen LogP contribution is 2.18. The first-order valence-corrected chi connectivity index (χ1v) is 6.83. The highest BCUT2D eigenvalue weighted by molar-refractivity contribution is 5.78. The van der Waals surface area contributed by atoms with E-state index >= 15 is 0 Å². The van der Waals surface area contributed by atoms with Crippen molar-refractivity contribution in [3.8, 4) is 0 Å². The van der Waals surface area contributed by atoms with E-state index in [0.717, 1.165) is 0 Å². The van der Waals surface area contributed by atoms with Crippen molar-refractivity contribution in [2.45, 2.75) is 40.7 Å². The molecule has 19 heavy (non-hydrogen) atoms. The van der Waals surface area contributed by atoms with E-state index in [1.165, 1.54) is 22.3 Å². The summed E-state index contributed by atoms with van der Waals surface area (Å²) < 4.78 is 0. The number of aryl methyl sites for hydroxylation is 3. The van der Waals surface area contributed by atoms with Gasteiger partial charge in [0, 0.05) is 13.6 Å². The van der Waals surface area contributed by atoms with E-state index in [1.54, 1.807) is 11.9 Å². The Kier molecular flexibility index (Phi) is 5.55. The summed E-state index contributed by atoms with van der Waals surface area (Å²) >= 11 is 0. The maximum absolute atomic E-state index is 12.1. The third-order valence-electron chi connectivity index (χ3n) is 3.80. The predicted octanol–water partition coefficient (Wildman–Crippen LogP) is 2.59. The maximum atomic E-state index is 12.1. The number of amides is 1. The molecule has 0 aliphatic carbocycles. The van der Waals surface area contributed by atoms with Crippen molar-refractivity contribution < 1.29 is 9.90 Å². The number of benzene rings is 1. The molecule has 0 aliphatic heterocycles. The van der Waals surface area contributed by atoms with E-state index in [1.807, 2.05) is 6.92 Å². The van der Waals surface area contributed by atoms with Crippen LogP contribution in [0.1, 0.15) is 35.6 Å². The number of nitrogens with zero attached hydrogens (tertiary/aromatic N) is 1. The van der Waals surface area contributed by atoms with Crippen molar-refractivity contribution in [2.24, 2.45) is 5.92 Å². The average Bonchev–Trinajstić information content (AvgIpc) is 2.37. The number of aliphatic hydroxyl groups excluding tert-OH is 1. The molecule has 1 aromatic carbocycles. The van der Waals surface area contributed by atoms with Gasteiger partial charge in [0.15, 0.2) is 0 Å². The highest BCUT2D eigenvalue weighted by Gasteiger charge is 2.20. The van der Waals surface area contributed by atoms with Crippen LogP contribution >= 0.6 is 0 Å². The van der Waals surface area contributed by atoms with Crippen LogP contribution in [0.2, 0.25) is 0 Å². The summed E-state index contributed by atoms with van der Waals surface area (Å²) in [5.74, 6) is -0.264. The fourth-order valence-electron chi connectivity index (χ4n) is 2.22. The van der Waals surface area contributed by atoms with Gasteiger partial charge in [0.25, 0.3) is 0 Å². The zero-order chi connectivity index (χ0) is 14.6. The van der Waals surface area contributed by atoms with Gasteiger partial charge < -0.3 is 10.0 Å². The third kappa shape index (κ3) is 3.80. The Morgan fingerprint density at radius 2 is 1.79 bits per heavy atom. The van der Waals surface area contributed by atoms with Crippen LogP contribution in [-0.4, -0.2) is 29.6 Å². The summed E-state index contributed by atoms with van der Waals surface area (Å²) in [7, 11) is 1.80. The molecule has 3 heteroatoms. The fourth-order valence-corrected chi connectivity index (χ4v) is 2.22. The summed E-state index contributed by atoms with van der Waals surface area (Å²) in [4.78, 5) is 13.8. The molecule has 1 atom stereocenters. The van der Waals surface area contributed by atoms with E-state index < -0.39 is 0 Å². The van der Waals surface area contributed by atoms with Crippen molar-refractivity contribution in [1.29, 1.82) is 0 Å². The number of hydrogen-bond donors (Lipinski definition) is 1. The van der Waals surface area contributed by atoms with Crippen molar-refractivity contribution in [3.63, 3.8) is 0 Å². The highest BCUT2D eigenvalue weighted by atomic mass is 16.3. The molecule has 0 spiro atoms. The minimum Gasteiger partial charge on any atom is -0.396 e. The first-order chi connectivity index (χ1) is 8.90. The summed E-state index contributed by atoms with van der Waals surface area (Å²) in [6.07, 6.45) is 0.672. The van der Waals surface area contributed by atoms with Crippen LogP contribution in [0.25, 0.3) is 0 Å². The molecule has 0 aromatic heterocycles. The lowest BCUT2D eigenvalue weighted by Gasteiger charge is -2.23. The van der Waals surface area contributed by atoms with Gasteiger partial charge in [-0.2, -0.15) is 0 Å². The van der Waals surface area contributed by atoms with Gasteiger partial charge in [0.05, 0.1) is 12.5 Å². The molecule has 0 saturated carbocycles. The van der Waals surface area contributed by atoms with Crippen molar-refractivity contribution in [2.75, 3.05) is 13.7 Å². The van der Waals surface area contributed by atoms with E-state index in [0.29, 0.717) is 13.0 Å². The van der Waals surface area contributed by atoms with E-state index in [9.17, 15) is 9.90 Å². The molecule has 1 unspecified atom stereocenters. The number of hydrogen-bond acceptors (Lipinski definition) is 2. The summed E-state index contributed by atoms with van der Waals surface area (Å²) in [5, 5.41) is 9.20. The molecule has 0 heterocycles. The predicted molar refractivity (Wildman–Crippen MR) is 78.0 cm³/mol. The molecule has 0 radical (unpaired) electrons. The molecule has 1 rings (SSSR count). The van der Waals surface area contributed by atoms with Gasteiger partial charge in [-0.25, -0.2) is 0 Å². The molecule has 106 valence electrons. The van der Waals surface area contributed by atoms with Crippen LogP contribution in [0.15, 0.2) is 12.1 Å². The number of carbonyl (C=O) groups excluding carboxylic acids is 1. The molecule has 3 nitrogen and oxygen atoms in total. The average molecular weight is 263 g/mol. The minimum absolute atomic E-state index is 0.0163. The second-order valence-corrected chi connectivity index (χ2v) is 5.34. The van der Waals surface area contributed by atoms with Gasteiger partial charge in [0.2, 0.25) is 5.91 Å². The van der Waals surface area contributed by atoms with Crippen LogP contribution in [0.3, 0.4) is 0 Å². The van der Waals surface area contributed by atoms with Crippen LogP contribution < -0.4 is 0 Å².